The SMILES string of the molecule is CO[C@H]1C[C@@H](C)C/C(C)=C/[C@@H](C/C=C/CO)C(=O)C[C@H](O)[C@@H](C)COC(=O)[C@@H]2CCCCN2C(=O)C(=O)[C@]2(O)O[C@H]1[C@@H](OC)C[C@H]2C. The van der Waals surface area contributed by atoms with Crippen LogP contribution in [0.15, 0.2) is 23.8 Å². The van der Waals surface area contributed by atoms with E-state index in [1.807, 2.05) is 19.9 Å². The van der Waals surface area contributed by atoms with Crippen molar-refractivity contribution < 1.29 is 53.4 Å². The van der Waals surface area contributed by atoms with Crippen molar-refractivity contribution in [2.75, 3.05) is 34.0 Å². The highest BCUT2D eigenvalue weighted by atomic mass is 16.7. The second-order valence-corrected chi connectivity index (χ2v) is 13.7. The van der Waals surface area contributed by atoms with Crippen LogP contribution in [0.5, 0.6) is 0 Å². The molecule has 0 aliphatic carbocycles. The number of cyclic esters (lactones) is 1. The maximum atomic E-state index is 13.8. The van der Waals surface area contributed by atoms with E-state index in [2.05, 4.69) is 0 Å². The fraction of sp³-hybridized carbons (Fsp3) is 0.771. The molecule has 0 spiro atoms. The molecule has 0 aromatic heterocycles. The molecule has 3 rings (SSSR count). The summed E-state index contributed by atoms with van der Waals surface area (Å²) in [5, 5.41) is 31.9. The number of rotatable bonds is 5. The molecule has 0 aromatic rings. The minimum absolute atomic E-state index is 0.0165. The number of nitrogens with zero attached hydrogens (tertiary/aromatic N) is 1. The zero-order valence-electron chi connectivity index (χ0n) is 28.8. The van der Waals surface area contributed by atoms with E-state index in [-0.39, 0.29) is 50.7 Å². The van der Waals surface area contributed by atoms with E-state index in [1.54, 1.807) is 26.0 Å². The molecular weight excluding hydrogens is 610 g/mol. The molecule has 2 fully saturated rings. The van der Waals surface area contributed by atoms with Gasteiger partial charge >= 0.3 is 5.97 Å². The van der Waals surface area contributed by atoms with Crippen LogP contribution in [-0.4, -0.2) is 114 Å². The lowest BCUT2D eigenvalue weighted by atomic mass is 9.82. The first-order chi connectivity index (χ1) is 22.3. The number of methoxy groups -OCH3 is 2. The third-order valence-corrected chi connectivity index (χ3v) is 9.89. The first-order valence-corrected chi connectivity index (χ1v) is 16.9. The fourth-order valence-electron chi connectivity index (χ4n) is 6.96. The smallest absolute Gasteiger partial charge is 0.328 e. The molecule has 2 bridgehead atoms. The summed E-state index contributed by atoms with van der Waals surface area (Å²) < 4.78 is 23.3. The summed E-state index contributed by atoms with van der Waals surface area (Å²) in [6.45, 7) is 7.02. The summed E-state index contributed by atoms with van der Waals surface area (Å²) in [5.74, 6) is -7.44. The van der Waals surface area contributed by atoms with Crippen LogP contribution in [0.3, 0.4) is 0 Å². The predicted molar refractivity (Wildman–Crippen MR) is 172 cm³/mol. The Hall–Kier alpha value is -2.48. The number of aliphatic hydroxyl groups is 3. The van der Waals surface area contributed by atoms with E-state index in [0.717, 1.165) is 10.5 Å². The van der Waals surface area contributed by atoms with Gasteiger partial charge in [0, 0.05) is 44.9 Å². The van der Waals surface area contributed by atoms with E-state index in [1.165, 1.54) is 14.2 Å². The van der Waals surface area contributed by atoms with Gasteiger partial charge in [-0.3, -0.25) is 14.4 Å². The molecule has 10 atom stereocenters. The average molecular weight is 666 g/mol. The fourth-order valence-corrected chi connectivity index (χ4v) is 6.96. The van der Waals surface area contributed by atoms with Crippen LogP contribution in [0.25, 0.3) is 0 Å². The minimum atomic E-state index is -2.47. The molecule has 0 radical (unpaired) electrons. The molecule has 3 aliphatic heterocycles. The highest BCUT2D eigenvalue weighted by Crippen LogP contribution is 2.38. The number of esters is 1. The third kappa shape index (κ3) is 9.79. The van der Waals surface area contributed by atoms with Crippen LogP contribution >= 0.6 is 0 Å². The lowest BCUT2D eigenvalue weighted by Gasteiger charge is -2.47. The molecular formula is C35H55NO11. The summed E-state index contributed by atoms with van der Waals surface area (Å²) in [7, 11) is 3.03. The van der Waals surface area contributed by atoms with E-state index in [0.29, 0.717) is 32.1 Å². The maximum Gasteiger partial charge on any atom is 0.328 e. The largest absolute Gasteiger partial charge is 0.464 e. The highest BCUT2D eigenvalue weighted by Gasteiger charge is 2.56. The maximum absolute atomic E-state index is 13.8. The molecule has 47 heavy (non-hydrogen) atoms. The molecule has 0 unspecified atom stereocenters. The Kier molecular flexibility index (Phi) is 14.7. The van der Waals surface area contributed by atoms with Crippen LogP contribution in [-0.2, 0) is 38.1 Å². The number of piperidine rings is 1. The molecule has 0 saturated carbocycles. The van der Waals surface area contributed by atoms with Gasteiger partial charge in [-0.05, 0) is 57.8 Å². The van der Waals surface area contributed by atoms with Crippen molar-refractivity contribution in [3.8, 4) is 0 Å². The summed E-state index contributed by atoms with van der Waals surface area (Å²) in [4.78, 5) is 55.4. The number of Topliss-reactive ketones (excluding diaryl/α,β-unsaturated/α-hetero) is 2. The molecule has 2 saturated heterocycles. The van der Waals surface area contributed by atoms with Crippen molar-refractivity contribution in [1.29, 1.82) is 0 Å². The van der Waals surface area contributed by atoms with E-state index < -0.39 is 71.7 Å². The molecule has 1 amide bonds. The first-order valence-electron chi connectivity index (χ1n) is 16.9. The number of carbonyl (C=O) groups excluding carboxylic acids is 4. The number of amides is 1. The van der Waals surface area contributed by atoms with Gasteiger partial charge in [0.05, 0.1) is 31.5 Å². The van der Waals surface area contributed by atoms with Crippen molar-refractivity contribution in [2.24, 2.45) is 23.7 Å². The Bertz CT molecular complexity index is 1150. The lowest BCUT2D eigenvalue weighted by molar-refractivity contribution is -0.302. The van der Waals surface area contributed by atoms with Crippen LogP contribution in [0.4, 0.5) is 0 Å². The number of hydrogen-bond donors (Lipinski definition) is 3. The van der Waals surface area contributed by atoms with Gasteiger partial charge in [-0.15, -0.1) is 0 Å². The van der Waals surface area contributed by atoms with Gasteiger partial charge in [0.1, 0.15) is 17.9 Å². The Morgan fingerprint density at radius 2 is 1.70 bits per heavy atom. The molecule has 3 aliphatic rings. The van der Waals surface area contributed by atoms with Gasteiger partial charge < -0.3 is 39.2 Å². The number of aliphatic hydroxyl groups excluding tert-OH is 2. The number of ketones is 2. The number of allylic oxidation sites excluding steroid dienone is 3. The van der Waals surface area contributed by atoms with Crippen molar-refractivity contribution in [3.63, 3.8) is 0 Å². The predicted octanol–water partition coefficient (Wildman–Crippen LogP) is 2.51. The van der Waals surface area contributed by atoms with Gasteiger partial charge in [-0.2, -0.15) is 0 Å². The molecule has 12 heteroatoms. The topological polar surface area (TPSA) is 169 Å². The van der Waals surface area contributed by atoms with E-state index in [9.17, 15) is 34.5 Å². The number of ether oxygens (including phenoxy) is 4. The summed E-state index contributed by atoms with van der Waals surface area (Å²) in [6.07, 6.45) is 5.03. The highest BCUT2D eigenvalue weighted by molar-refractivity contribution is 6.39. The zero-order valence-corrected chi connectivity index (χ0v) is 28.8. The Morgan fingerprint density at radius 3 is 2.36 bits per heavy atom. The lowest BCUT2D eigenvalue weighted by Crippen LogP contribution is -2.64. The monoisotopic (exact) mass is 665 g/mol. The quantitative estimate of drug-likeness (QED) is 0.224. The second-order valence-electron chi connectivity index (χ2n) is 13.7. The number of hydrogen-bond acceptors (Lipinski definition) is 11. The Labute approximate surface area is 278 Å². The zero-order chi connectivity index (χ0) is 34.9. The van der Waals surface area contributed by atoms with Gasteiger partial charge in [0.25, 0.3) is 11.7 Å². The van der Waals surface area contributed by atoms with Crippen molar-refractivity contribution in [1.82, 2.24) is 4.90 Å². The van der Waals surface area contributed by atoms with E-state index >= 15 is 0 Å². The molecule has 3 heterocycles. The standard InChI is InChI=1S/C35H55NO11/c1-21-15-22(2)17-29(44-5)31-30(45-6)18-24(4)35(43,47-31)32(40)33(41)36-13-9-7-12-26(36)34(42)46-20-23(3)27(38)19-28(39)25(16-21)11-8-10-14-37/h8,10,16,22-27,29-31,37-38,43H,7,9,11-15,17-20H2,1-6H3/b10-8+,21-16+/t22-,23-,24+,25+,26-,27-,29-,30-,31+,35+/m0/s1. The molecule has 0 aromatic carbocycles. The first kappa shape index (κ1) is 39.0. The second kappa shape index (κ2) is 17.8. The average Bonchev–Trinajstić information content (AvgIpc) is 3.05. The van der Waals surface area contributed by atoms with Gasteiger partial charge in [-0.25, -0.2) is 4.79 Å². The normalized spacial score (nSPS) is 38.7. The number of carbonyl (C=O) groups is 4. The van der Waals surface area contributed by atoms with Gasteiger partial charge in [0.15, 0.2) is 0 Å². The Balaban J connectivity index is 2.01. The Morgan fingerprint density at radius 1 is 1.02 bits per heavy atom. The molecule has 266 valence electrons. The summed E-state index contributed by atoms with van der Waals surface area (Å²) in [6, 6.07) is -1.05. The van der Waals surface area contributed by atoms with Crippen molar-refractivity contribution >= 4 is 23.4 Å². The van der Waals surface area contributed by atoms with Crippen LogP contribution in [0.2, 0.25) is 0 Å². The van der Waals surface area contributed by atoms with Gasteiger partial charge in [-0.1, -0.05) is 44.6 Å². The van der Waals surface area contributed by atoms with Crippen molar-refractivity contribution in [3.05, 3.63) is 23.8 Å². The van der Waals surface area contributed by atoms with Gasteiger partial charge in [0.2, 0.25) is 5.79 Å². The third-order valence-electron chi connectivity index (χ3n) is 9.89. The van der Waals surface area contributed by atoms with Crippen LogP contribution < -0.4 is 0 Å². The molecule has 12 nitrogen and oxygen atoms in total. The molecule has 3 N–H and O–H groups in total. The number of fused-ring (bicyclic) bond motifs is 3. The minimum Gasteiger partial charge on any atom is -0.464 e. The van der Waals surface area contributed by atoms with Crippen LogP contribution in [0, 0.1) is 23.7 Å². The van der Waals surface area contributed by atoms with Crippen molar-refractivity contribution in [2.45, 2.75) is 115 Å². The summed E-state index contributed by atoms with van der Waals surface area (Å²) in [5.41, 5.74) is 0.945. The van der Waals surface area contributed by atoms with E-state index in [4.69, 9.17) is 18.9 Å². The summed E-state index contributed by atoms with van der Waals surface area (Å²) >= 11 is 0. The van der Waals surface area contributed by atoms with Crippen LogP contribution in [0.1, 0.15) is 79.1 Å².